The van der Waals surface area contributed by atoms with Crippen LogP contribution in [0.25, 0.3) is 0 Å². The summed E-state index contributed by atoms with van der Waals surface area (Å²) in [4.78, 5) is 31.0. The van der Waals surface area contributed by atoms with E-state index in [9.17, 15) is 14.0 Å². The molecule has 0 aromatic heterocycles. The van der Waals surface area contributed by atoms with Crippen LogP contribution in [0.1, 0.15) is 103 Å². The first-order valence-corrected chi connectivity index (χ1v) is 17.0. The summed E-state index contributed by atoms with van der Waals surface area (Å²) >= 11 is 2.25. The van der Waals surface area contributed by atoms with E-state index in [-0.39, 0.29) is 34.8 Å². The van der Waals surface area contributed by atoms with Crippen LogP contribution in [0.15, 0.2) is 58.9 Å². The number of rotatable bonds is 6. The van der Waals surface area contributed by atoms with Crippen molar-refractivity contribution < 1.29 is 23.5 Å². The van der Waals surface area contributed by atoms with Crippen LogP contribution >= 0.6 is 22.6 Å². The van der Waals surface area contributed by atoms with Gasteiger partial charge in [-0.15, -0.1) is 0 Å². The van der Waals surface area contributed by atoms with Gasteiger partial charge in [0, 0.05) is 47.3 Å². The highest BCUT2D eigenvalue weighted by atomic mass is 127. The van der Waals surface area contributed by atoms with Crippen molar-refractivity contribution in [3.8, 4) is 11.5 Å². The van der Waals surface area contributed by atoms with Crippen LogP contribution in [-0.4, -0.2) is 29.6 Å². The summed E-state index contributed by atoms with van der Waals surface area (Å²) in [5.41, 5.74) is 5.16. The van der Waals surface area contributed by atoms with E-state index in [0.29, 0.717) is 30.4 Å². The smallest absolute Gasteiger partial charge is 0.174 e. The SMILES string of the molecule is COc1cc(C2C3=C(CC(C)(C)CC3=O)N(C3CCCCC3)C3=C2C(=O)CC(C)(C)C3)cc(I)c1OCc1cccc(F)c1. The summed E-state index contributed by atoms with van der Waals surface area (Å²) in [7, 11) is 1.61. The molecule has 1 heterocycles. The molecule has 1 aliphatic heterocycles. The topological polar surface area (TPSA) is 55.8 Å². The summed E-state index contributed by atoms with van der Waals surface area (Å²) in [6.45, 7) is 8.96. The maximum Gasteiger partial charge on any atom is 0.174 e. The molecule has 0 N–H and O–H groups in total. The number of hydrogen-bond acceptors (Lipinski definition) is 5. The van der Waals surface area contributed by atoms with E-state index >= 15 is 0 Å². The van der Waals surface area contributed by atoms with E-state index in [4.69, 9.17) is 9.47 Å². The van der Waals surface area contributed by atoms with Gasteiger partial charge in [0.2, 0.25) is 0 Å². The molecule has 0 radical (unpaired) electrons. The lowest BCUT2D eigenvalue weighted by molar-refractivity contribution is -0.119. The molecule has 44 heavy (non-hydrogen) atoms. The molecule has 1 saturated carbocycles. The van der Waals surface area contributed by atoms with E-state index < -0.39 is 5.92 Å². The third-order valence-electron chi connectivity index (χ3n) is 9.75. The maximum atomic E-state index is 14.3. The first kappa shape index (κ1) is 31.3. The largest absolute Gasteiger partial charge is 0.493 e. The van der Waals surface area contributed by atoms with Gasteiger partial charge in [0.05, 0.1) is 10.7 Å². The fraction of sp³-hybridized carbons (Fsp3) is 0.514. The number of Topliss-reactive ketones (excluding diaryl/α,β-unsaturated/α-hetero) is 2. The molecular weight excluding hydrogens is 668 g/mol. The van der Waals surface area contributed by atoms with Crippen LogP contribution in [0, 0.1) is 20.2 Å². The molecule has 3 aliphatic carbocycles. The van der Waals surface area contributed by atoms with Gasteiger partial charge in [-0.2, -0.15) is 0 Å². The van der Waals surface area contributed by atoms with Gasteiger partial charge in [-0.25, -0.2) is 4.39 Å². The van der Waals surface area contributed by atoms with Gasteiger partial charge in [-0.05, 0) is 94.5 Å². The number of ketones is 2. The van der Waals surface area contributed by atoms with Gasteiger partial charge < -0.3 is 14.4 Å². The molecule has 0 saturated heterocycles. The highest BCUT2D eigenvalue weighted by Crippen LogP contribution is 2.56. The number of ether oxygens (including phenoxy) is 2. The molecule has 5 nitrogen and oxygen atoms in total. The second kappa shape index (κ2) is 11.9. The zero-order chi connectivity index (χ0) is 31.4. The highest BCUT2D eigenvalue weighted by Gasteiger charge is 2.50. The van der Waals surface area contributed by atoms with E-state index in [2.05, 4.69) is 55.2 Å². The lowest BCUT2D eigenvalue weighted by Crippen LogP contribution is -2.48. The maximum absolute atomic E-state index is 14.3. The Morgan fingerprint density at radius 3 is 2.07 bits per heavy atom. The van der Waals surface area contributed by atoms with Gasteiger partial charge in [-0.3, -0.25) is 9.59 Å². The first-order chi connectivity index (χ1) is 20.9. The molecule has 0 bridgehead atoms. The predicted octanol–water partition coefficient (Wildman–Crippen LogP) is 9.04. The molecule has 6 rings (SSSR count). The molecule has 0 atom stereocenters. The number of nitrogens with zero attached hydrogens (tertiary/aromatic N) is 1. The Kier molecular flexibility index (Phi) is 8.48. The first-order valence-electron chi connectivity index (χ1n) is 15.9. The van der Waals surface area contributed by atoms with Crippen molar-refractivity contribution in [1.82, 2.24) is 4.90 Å². The van der Waals surface area contributed by atoms with E-state index in [0.717, 1.165) is 62.9 Å². The molecular formula is C37H43FINO4. The Morgan fingerprint density at radius 1 is 0.886 bits per heavy atom. The third kappa shape index (κ3) is 5.97. The van der Waals surface area contributed by atoms with Crippen LogP contribution in [0.4, 0.5) is 4.39 Å². The van der Waals surface area contributed by atoms with Crippen molar-refractivity contribution in [3.05, 3.63) is 79.5 Å². The molecule has 2 aromatic rings. The third-order valence-corrected chi connectivity index (χ3v) is 10.6. The average Bonchev–Trinajstić information content (AvgIpc) is 2.94. The Hall–Kier alpha value is -2.68. The molecule has 7 heteroatoms. The minimum atomic E-state index is -0.438. The number of carbonyl (C=O) groups excluding carboxylic acids is 2. The summed E-state index contributed by atoms with van der Waals surface area (Å²) in [6, 6.07) is 10.7. The predicted molar refractivity (Wildman–Crippen MR) is 178 cm³/mol. The molecule has 234 valence electrons. The van der Waals surface area contributed by atoms with Crippen molar-refractivity contribution in [1.29, 1.82) is 0 Å². The van der Waals surface area contributed by atoms with Crippen molar-refractivity contribution in [2.45, 2.75) is 104 Å². The quantitative estimate of drug-likeness (QED) is 0.280. The standard InChI is InChI=1S/C37H43FINO4/c1-36(2)17-27-33(29(41)19-36)32(34-28(18-37(3,4)20-30(34)42)40(27)25-12-7-6-8-13-25)23-15-26(39)35(31(16-23)43-5)44-21-22-10-9-11-24(38)14-22/h9-11,14-16,25,32H,6-8,12-13,17-21H2,1-5H3. The fourth-order valence-electron chi connectivity index (χ4n) is 7.94. The van der Waals surface area contributed by atoms with Crippen molar-refractivity contribution >= 4 is 34.2 Å². The number of carbonyl (C=O) groups is 2. The Balaban J connectivity index is 1.50. The van der Waals surface area contributed by atoms with Crippen LogP contribution in [0.5, 0.6) is 11.5 Å². The second-order valence-corrected chi connectivity index (χ2v) is 15.8. The summed E-state index contributed by atoms with van der Waals surface area (Å²) in [5, 5.41) is 0. The molecule has 0 spiro atoms. The van der Waals surface area contributed by atoms with Crippen molar-refractivity contribution in [2.75, 3.05) is 7.11 Å². The summed E-state index contributed by atoms with van der Waals surface area (Å²) in [5.74, 6) is 0.646. The van der Waals surface area contributed by atoms with Gasteiger partial charge in [0.15, 0.2) is 23.1 Å². The Morgan fingerprint density at radius 2 is 1.50 bits per heavy atom. The van der Waals surface area contributed by atoms with Crippen LogP contribution < -0.4 is 9.47 Å². The molecule has 2 aromatic carbocycles. The molecule has 0 unspecified atom stereocenters. The number of hydrogen-bond donors (Lipinski definition) is 0. The zero-order valence-corrected chi connectivity index (χ0v) is 28.7. The average molecular weight is 712 g/mol. The van der Waals surface area contributed by atoms with Gasteiger partial charge in [0.25, 0.3) is 0 Å². The second-order valence-electron chi connectivity index (χ2n) is 14.7. The summed E-state index contributed by atoms with van der Waals surface area (Å²) in [6.07, 6.45) is 8.33. The Bertz CT molecular complexity index is 1510. The molecule has 0 amide bonds. The minimum absolute atomic E-state index is 0.145. The van der Waals surface area contributed by atoms with Gasteiger partial charge >= 0.3 is 0 Å². The Labute approximate surface area is 274 Å². The number of benzene rings is 2. The van der Waals surface area contributed by atoms with Gasteiger partial charge in [0.1, 0.15) is 12.4 Å². The van der Waals surface area contributed by atoms with Crippen LogP contribution in [-0.2, 0) is 16.2 Å². The highest BCUT2D eigenvalue weighted by molar-refractivity contribution is 14.1. The minimum Gasteiger partial charge on any atom is -0.493 e. The lowest BCUT2D eigenvalue weighted by atomic mass is 9.63. The van der Waals surface area contributed by atoms with E-state index in [1.54, 1.807) is 13.2 Å². The van der Waals surface area contributed by atoms with E-state index in [1.165, 1.54) is 31.4 Å². The monoisotopic (exact) mass is 711 g/mol. The van der Waals surface area contributed by atoms with Gasteiger partial charge in [-0.1, -0.05) is 59.1 Å². The fourth-order valence-corrected chi connectivity index (χ4v) is 8.72. The van der Waals surface area contributed by atoms with Crippen LogP contribution in [0.3, 0.4) is 0 Å². The number of methoxy groups -OCH3 is 1. The van der Waals surface area contributed by atoms with E-state index in [1.807, 2.05) is 18.2 Å². The van der Waals surface area contributed by atoms with Crippen molar-refractivity contribution in [3.63, 3.8) is 0 Å². The molecule has 1 fully saturated rings. The number of halogens is 2. The lowest BCUT2D eigenvalue weighted by Gasteiger charge is -2.52. The normalized spacial score (nSPS) is 22.2. The zero-order valence-electron chi connectivity index (χ0n) is 26.5. The van der Waals surface area contributed by atoms with Crippen LogP contribution in [0.2, 0.25) is 0 Å². The summed E-state index contributed by atoms with van der Waals surface area (Å²) < 4.78 is 26.7. The number of allylic oxidation sites excluding steroid dienone is 4. The molecule has 4 aliphatic rings. The van der Waals surface area contributed by atoms with Crippen molar-refractivity contribution in [2.24, 2.45) is 10.8 Å².